The molecule has 1 aromatic carbocycles. The molecular formula is C12H15N3O5. The number of nitro groups is 1. The molecular weight excluding hydrogens is 266 g/mol. The van der Waals surface area contributed by atoms with Gasteiger partial charge in [-0.1, -0.05) is 6.07 Å². The number of aliphatic carboxylic acids is 1. The number of nitrogens with two attached hydrogens (primary N) is 1. The summed E-state index contributed by atoms with van der Waals surface area (Å²) in [7, 11) is 0. The Balaban J connectivity index is 2.92. The van der Waals surface area contributed by atoms with Crippen molar-refractivity contribution in [2.45, 2.75) is 13.8 Å². The molecule has 0 aliphatic rings. The van der Waals surface area contributed by atoms with E-state index in [9.17, 15) is 19.7 Å². The summed E-state index contributed by atoms with van der Waals surface area (Å²) in [4.78, 5) is 32.9. The number of benzene rings is 1. The van der Waals surface area contributed by atoms with E-state index in [1.165, 1.54) is 32.0 Å². The molecule has 0 spiro atoms. The Hall–Kier alpha value is -2.64. The highest BCUT2D eigenvalue weighted by molar-refractivity contribution is 6.01. The first-order valence-electron chi connectivity index (χ1n) is 5.71. The zero-order valence-corrected chi connectivity index (χ0v) is 11.0. The number of carbonyl (C=O) groups is 2. The molecule has 0 heterocycles. The van der Waals surface area contributed by atoms with Gasteiger partial charge in [0.1, 0.15) is 5.69 Å². The summed E-state index contributed by atoms with van der Waals surface area (Å²) in [6, 6.07) is 3.87. The summed E-state index contributed by atoms with van der Waals surface area (Å²) in [5.41, 5.74) is 3.75. The predicted molar refractivity (Wildman–Crippen MR) is 71.3 cm³/mol. The molecule has 0 fully saturated rings. The van der Waals surface area contributed by atoms with Crippen LogP contribution in [-0.4, -0.2) is 28.5 Å². The van der Waals surface area contributed by atoms with E-state index >= 15 is 0 Å². The maximum atomic E-state index is 11.9. The summed E-state index contributed by atoms with van der Waals surface area (Å²) >= 11 is 0. The van der Waals surface area contributed by atoms with E-state index in [0.29, 0.717) is 0 Å². The number of carboxylic acids is 1. The van der Waals surface area contributed by atoms with Crippen molar-refractivity contribution in [3.63, 3.8) is 0 Å². The Morgan fingerprint density at radius 2 is 2.05 bits per heavy atom. The van der Waals surface area contributed by atoms with E-state index in [1.807, 2.05) is 0 Å². The van der Waals surface area contributed by atoms with Crippen LogP contribution in [0.2, 0.25) is 0 Å². The van der Waals surface area contributed by atoms with Gasteiger partial charge in [-0.25, -0.2) is 0 Å². The van der Waals surface area contributed by atoms with Gasteiger partial charge in [0.25, 0.3) is 11.6 Å². The number of hydrogen-bond donors (Lipinski definition) is 3. The molecule has 0 aromatic heterocycles. The van der Waals surface area contributed by atoms with Crippen LogP contribution in [0, 0.1) is 15.5 Å². The lowest BCUT2D eigenvalue weighted by molar-refractivity contribution is -0.383. The second-order valence-electron chi connectivity index (χ2n) is 4.87. The van der Waals surface area contributed by atoms with Crippen molar-refractivity contribution in [2.75, 3.05) is 12.3 Å². The number of anilines is 1. The van der Waals surface area contributed by atoms with Crippen molar-refractivity contribution < 1.29 is 19.6 Å². The molecule has 8 nitrogen and oxygen atoms in total. The molecule has 8 heteroatoms. The second kappa shape index (κ2) is 5.55. The van der Waals surface area contributed by atoms with Crippen molar-refractivity contribution in [2.24, 2.45) is 5.41 Å². The minimum atomic E-state index is -1.15. The van der Waals surface area contributed by atoms with Gasteiger partial charge >= 0.3 is 5.97 Å². The van der Waals surface area contributed by atoms with E-state index in [2.05, 4.69) is 5.32 Å². The van der Waals surface area contributed by atoms with Gasteiger partial charge in [0.15, 0.2) is 0 Å². The molecule has 0 aliphatic carbocycles. The van der Waals surface area contributed by atoms with Gasteiger partial charge in [0, 0.05) is 12.6 Å². The van der Waals surface area contributed by atoms with Crippen molar-refractivity contribution in [3.8, 4) is 0 Å². The lowest BCUT2D eigenvalue weighted by atomic mass is 9.94. The predicted octanol–water partition coefficient (Wildman–Crippen LogP) is 1.02. The molecule has 0 bridgehead atoms. The Morgan fingerprint density at radius 3 is 2.55 bits per heavy atom. The van der Waals surface area contributed by atoms with Crippen LogP contribution in [0.15, 0.2) is 18.2 Å². The molecule has 20 heavy (non-hydrogen) atoms. The third-order valence-corrected chi connectivity index (χ3v) is 2.79. The molecule has 1 aromatic rings. The molecule has 0 atom stereocenters. The maximum absolute atomic E-state index is 11.9. The van der Waals surface area contributed by atoms with E-state index in [-0.39, 0.29) is 23.5 Å². The molecule has 1 rings (SSSR count). The first-order chi connectivity index (χ1) is 9.16. The van der Waals surface area contributed by atoms with Crippen molar-refractivity contribution in [1.29, 1.82) is 0 Å². The standard InChI is InChI=1S/C12H15N3O5/c1-12(2,11(17)18)6-14-10(16)7-4-3-5-8(9(7)13)15(19)20/h3-5H,6,13H2,1-2H3,(H,14,16)(H,17,18). The third kappa shape index (κ3) is 3.22. The summed E-state index contributed by atoms with van der Waals surface area (Å²) in [6.45, 7) is 2.78. The molecule has 0 saturated carbocycles. The molecule has 0 saturated heterocycles. The van der Waals surface area contributed by atoms with Crippen molar-refractivity contribution >= 4 is 23.3 Å². The van der Waals surface area contributed by atoms with Crippen LogP contribution in [-0.2, 0) is 4.79 Å². The van der Waals surface area contributed by atoms with E-state index < -0.39 is 22.2 Å². The first kappa shape index (κ1) is 15.4. The zero-order valence-electron chi connectivity index (χ0n) is 11.0. The molecule has 108 valence electrons. The number of nitro benzene ring substituents is 1. The van der Waals surface area contributed by atoms with Gasteiger partial charge in [-0.3, -0.25) is 19.7 Å². The van der Waals surface area contributed by atoms with Gasteiger partial charge in [0.05, 0.1) is 15.9 Å². The number of amides is 1. The molecule has 4 N–H and O–H groups in total. The van der Waals surface area contributed by atoms with Crippen LogP contribution in [0.3, 0.4) is 0 Å². The summed E-state index contributed by atoms with van der Waals surface area (Å²) < 4.78 is 0. The average Bonchev–Trinajstić information content (AvgIpc) is 2.35. The maximum Gasteiger partial charge on any atom is 0.310 e. The number of rotatable bonds is 5. The Bertz CT molecular complexity index is 568. The molecule has 1 amide bonds. The number of nitrogens with zero attached hydrogens (tertiary/aromatic N) is 1. The normalized spacial score (nSPS) is 10.9. The highest BCUT2D eigenvalue weighted by atomic mass is 16.6. The summed E-state index contributed by atoms with van der Waals surface area (Å²) in [5.74, 6) is -1.72. The number of hydrogen-bond acceptors (Lipinski definition) is 5. The zero-order chi connectivity index (χ0) is 15.5. The topological polar surface area (TPSA) is 136 Å². The number of para-hydroxylation sites is 1. The van der Waals surface area contributed by atoms with E-state index in [1.54, 1.807) is 0 Å². The van der Waals surface area contributed by atoms with Crippen molar-refractivity contribution in [1.82, 2.24) is 5.32 Å². The number of nitrogens with one attached hydrogen (secondary N) is 1. The fourth-order valence-electron chi connectivity index (χ4n) is 1.38. The van der Waals surface area contributed by atoms with E-state index in [4.69, 9.17) is 10.8 Å². The van der Waals surface area contributed by atoms with Crippen molar-refractivity contribution in [3.05, 3.63) is 33.9 Å². The highest BCUT2D eigenvalue weighted by Gasteiger charge is 2.28. The van der Waals surface area contributed by atoms with Crippen LogP contribution in [0.4, 0.5) is 11.4 Å². The largest absolute Gasteiger partial charge is 0.481 e. The second-order valence-corrected chi connectivity index (χ2v) is 4.87. The Labute approximate surface area is 114 Å². The number of carboxylic acid groups (broad SMARTS) is 1. The van der Waals surface area contributed by atoms with Gasteiger partial charge in [-0.15, -0.1) is 0 Å². The van der Waals surface area contributed by atoms with Gasteiger partial charge in [-0.05, 0) is 19.9 Å². The summed E-state index contributed by atoms with van der Waals surface area (Å²) in [6.07, 6.45) is 0. The van der Waals surface area contributed by atoms with Gasteiger partial charge < -0.3 is 16.2 Å². The summed E-state index contributed by atoms with van der Waals surface area (Å²) in [5, 5.41) is 22.1. The van der Waals surface area contributed by atoms with Crippen LogP contribution >= 0.6 is 0 Å². The SMILES string of the molecule is CC(C)(CNC(=O)c1cccc([N+](=O)[O-])c1N)C(=O)O. The Morgan fingerprint density at radius 1 is 1.45 bits per heavy atom. The smallest absolute Gasteiger partial charge is 0.310 e. The first-order valence-corrected chi connectivity index (χ1v) is 5.71. The molecule has 0 radical (unpaired) electrons. The Kier molecular flexibility index (Phi) is 4.28. The van der Waals surface area contributed by atoms with E-state index in [0.717, 1.165) is 0 Å². The molecule has 0 aliphatic heterocycles. The van der Waals surface area contributed by atoms with Crippen LogP contribution in [0.1, 0.15) is 24.2 Å². The monoisotopic (exact) mass is 281 g/mol. The average molecular weight is 281 g/mol. The van der Waals surface area contributed by atoms with Gasteiger partial charge in [0.2, 0.25) is 0 Å². The fourth-order valence-corrected chi connectivity index (χ4v) is 1.38. The highest BCUT2D eigenvalue weighted by Crippen LogP contribution is 2.24. The quantitative estimate of drug-likeness (QED) is 0.418. The van der Waals surface area contributed by atoms with Crippen LogP contribution < -0.4 is 11.1 Å². The van der Waals surface area contributed by atoms with Crippen LogP contribution in [0.5, 0.6) is 0 Å². The fraction of sp³-hybridized carbons (Fsp3) is 0.333. The molecule has 0 unspecified atom stereocenters. The van der Waals surface area contributed by atoms with Gasteiger partial charge in [-0.2, -0.15) is 0 Å². The number of nitrogen functional groups attached to an aromatic ring is 1. The lowest BCUT2D eigenvalue weighted by Gasteiger charge is -2.19. The lowest BCUT2D eigenvalue weighted by Crippen LogP contribution is -2.39. The third-order valence-electron chi connectivity index (χ3n) is 2.79. The van der Waals surface area contributed by atoms with Crippen LogP contribution in [0.25, 0.3) is 0 Å². The minimum Gasteiger partial charge on any atom is -0.481 e. The number of carbonyl (C=O) groups excluding carboxylic acids is 1. The minimum absolute atomic E-state index is 0.0552.